The first-order chi connectivity index (χ1) is 5.36. The molecule has 1 N–H and O–H groups in total. The summed E-state index contributed by atoms with van der Waals surface area (Å²) < 4.78 is 0. The van der Waals surface area contributed by atoms with E-state index in [0.29, 0.717) is 0 Å². The van der Waals surface area contributed by atoms with Crippen molar-refractivity contribution in [3.63, 3.8) is 0 Å². The van der Waals surface area contributed by atoms with E-state index in [1.54, 1.807) is 5.57 Å². The molecule has 11 heavy (non-hydrogen) atoms. The van der Waals surface area contributed by atoms with Crippen LogP contribution >= 0.6 is 0 Å². The first-order valence-electron chi connectivity index (χ1n) is 4.75. The van der Waals surface area contributed by atoms with Crippen LogP contribution < -0.4 is 0 Å². The summed E-state index contributed by atoms with van der Waals surface area (Å²) in [6.45, 7) is 0. The van der Waals surface area contributed by atoms with Crippen molar-refractivity contribution >= 4 is 0 Å². The maximum atomic E-state index is 9.28. The Balaban J connectivity index is 1.98. The number of allylic oxidation sites excluding steroid dienone is 1. The molecule has 1 nitrogen and oxygen atoms in total. The highest BCUT2D eigenvalue weighted by atomic mass is 16.3. The second-order valence-corrected chi connectivity index (χ2v) is 3.83. The zero-order chi connectivity index (χ0) is 7.68. The summed E-state index contributed by atoms with van der Waals surface area (Å²) in [5, 5.41) is 9.28. The molecule has 0 aromatic rings. The molecule has 1 fully saturated rings. The van der Waals surface area contributed by atoms with Crippen molar-refractivity contribution in [1.29, 1.82) is 0 Å². The molecule has 1 atom stereocenters. The third-order valence-electron chi connectivity index (χ3n) is 3.01. The zero-order valence-corrected chi connectivity index (χ0v) is 6.92. The van der Waals surface area contributed by atoms with Crippen LogP contribution in [0, 0.1) is 5.92 Å². The average molecular weight is 152 g/mol. The van der Waals surface area contributed by atoms with Gasteiger partial charge in [-0.05, 0) is 31.6 Å². The Morgan fingerprint density at radius 1 is 1.18 bits per heavy atom. The van der Waals surface area contributed by atoms with E-state index in [2.05, 4.69) is 6.08 Å². The molecule has 0 aromatic carbocycles. The summed E-state index contributed by atoms with van der Waals surface area (Å²) in [5.41, 5.74) is 1.55. The van der Waals surface area contributed by atoms with Crippen LogP contribution in [0.3, 0.4) is 0 Å². The summed E-state index contributed by atoms with van der Waals surface area (Å²) in [7, 11) is 0. The van der Waals surface area contributed by atoms with Gasteiger partial charge in [-0.1, -0.05) is 24.5 Å². The number of aliphatic hydroxyl groups is 1. The lowest BCUT2D eigenvalue weighted by Crippen LogP contribution is -1.95. The fourth-order valence-electron chi connectivity index (χ4n) is 2.37. The minimum absolute atomic E-state index is 0.120. The van der Waals surface area contributed by atoms with Crippen molar-refractivity contribution in [1.82, 2.24) is 0 Å². The Labute approximate surface area is 68.1 Å². The lowest BCUT2D eigenvalue weighted by Gasteiger charge is -2.08. The first-order valence-corrected chi connectivity index (χ1v) is 4.75. The van der Waals surface area contributed by atoms with E-state index in [1.807, 2.05) is 0 Å². The summed E-state index contributed by atoms with van der Waals surface area (Å²) >= 11 is 0. The van der Waals surface area contributed by atoms with Crippen LogP contribution in [0.4, 0.5) is 0 Å². The molecule has 0 saturated heterocycles. The molecule has 2 aliphatic rings. The van der Waals surface area contributed by atoms with Crippen molar-refractivity contribution in [3.05, 3.63) is 11.6 Å². The smallest absolute Gasteiger partial charge is 0.0726 e. The molecular formula is C10H16O. The Morgan fingerprint density at radius 2 is 1.91 bits per heavy atom. The fraction of sp³-hybridized carbons (Fsp3) is 0.800. The number of aliphatic hydroxyl groups excluding tert-OH is 1. The number of hydrogen-bond acceptors (Lipinski definition) is 1. The molecule has 0 aliphatic heterocycles. The molecule has 0 spiro atoms. The van der Waals surface area contributed by atoms with Gasteiger partial charge in [0.1, 0.15) is 0 Å². The first kappa shape index (κ1) is 7.35. The highest BCUT2D eigenvalue weighted by Crippen LogP contribution is 2.36. The molecular weight excluding hydrogens is 136 g/mol. The third-order valence-corrected chi connectivity index (χ3v) is 3.01. The van der Waals surface area contributed by atoms with Crippen LogP contribution in [0.2, 0.25) is 0 Å². The molecule has 1 unspecified atom stereocenters. The van der Waals surface area contributed by atoms with Gasteiger partial charge in [0.15, 0.2) is 0 Å². The number of rotatable bonds is 1. The molecule has 2 aliphatic carbocycles. The Bertz CT molecular complexity index is 166. The molecule has 0 heterocycles. The van der Waals surface area contributed by atoms with Crippen LogP contribution in [0.1, 0.15) is 38.5 Å². The lowest BCUT2D eigenvalue weighted by molar-refractivity contribution is 0.223. The van der Waals surface area contributed by atoms with Gasteiger partial charge in [-0.3, -0.25) is 0 Å². The third kappa shape index (κ3) is 1.48. The number of hydrogen-bond donors (Lipinski definition) is 1. The van der Waals surface area contributed by atoms with Gasteiger partial charge in [-0.15, -0.1) is 0 Å². The molecule has 1 saturated carbocycles. The summed E-state index contributed by atoms with van der Waals surface area (Å²) in [6, 6.07) is 0. The Hall–Kier alpha value is -0.300. The normalized spacial score (nSPS) is 32.8. The Morgan fingerprint density at radius 3 is 2.45 bits per heavy atom. The zero-order valence-electron chi connectivity index (χ0n) is 6.92. The van der Waals surface area contributed by atoms with Gasteiger partial charge in [0.05, 0.1) is 6.10 Å². The van der Waals surface area contributed by atoms with Crippen LogP contribution in [-0.4, -0.2) is 11.2 Å². The van der Waals surface area contributed by atoms with Gasteiger partial charge in [-0.25, -0.2) is 0 Å². The molecule has 1 heteroatoms. The minimum Gasteiger partial charge on any atom is -0.389 e. The van der Waals surface area contributed by atoms with Crippen LogP contribution in [0.5, 0.6) is 0 Å². The average Bonchev–Trinajstić information content (AvgIpc) is 2.55. The maximum absolute atomic E-state index is 9.28. The quantitative estimate of drug-likeness (QED) is 0.571. The van der Waals surface area contributed by atoms with E-state index in [0.717, 1.165) is 18.8 Å². The van der Waals surface area contributed by atoms with Gasteiger partial charge in [0.2, 0.25) is 0 Å². The molecule has 0 radical (unpaired) electrons. The van der Waals surface area contributed by atoms with Gasteiger partial charge in [0, 0.05) is 0 Å². The predicted molar refractivity (Wildman–Crippen MR) is 45.3 cm³/mol. The van der Waals surface area contributed by atoms with Crippen molar-refractivity contribution in [3.8, 4) is 0 Å². The lowest BCUT2D eigenvalue weighted by atomic mass is 9.97. The van der Waals surface area contributed by atoms with E-state index < -0.39 is 0 Å². The van der Waals surface area contributed by atoms with E-state index >= 15 is 0 Å². The van der Waals surface area contributed by atoms with Crippen molar-refractivity contribution in [2.75, 3.05) is 0 Å². The van der Waals surface area contributed by atoms with Gasteiger partial charge < -0.3 is 5.11 Å². The van der Waals surface area contributed by atoms with Gasteiger partial charge in [-0.2, -0.15) is 0 Å². The van der Waals surface area contributed by atoms with E-state index in [9.17, 15) is 5.11 Å². The fourth-order valence-corrected chi connectivity index (χ4v) is 2.37. The van der Waals surface area contributed by atoms with Crippen LogP contribution in [0.15, 0.2) is 11.6 Å². The summed E-state index contributed by atoms with van der Waals surface area (Å²) in [5.74, 6) is 0.840. The largest absolute Gasteiger partial charge is 0.389 e. The highest BCUT2D eigenvalue weighted by Gasteiger charge is 2.23. The molecule has 2 rings (SSSR count). The molecule has 0 aromatic heterocycles. The highest BCUT2D eigenvalue weighted by molar-refractivity contribution is 5.15. The van der Waals surface area contributed by atoms with Crippen molar-refractivity contribution < 1.29 is 5.11 Å². The molecule has 62 valence electrons. The van der Waals surface area contributed by atoms with Crippen molar-refractivity contribution in [2.45, 2.75) is 44.6 Å². The van der Waals surface area contributed by atoms with Crippen LogP contribution in [-0.2, 0) is 0 Å². The van der Waals surface area contributed by atoms with Gasteiger partial charge in [0.25, 0.3) is 0 Å². The van der Waals surface area contributed by atoms with E-state index in [4.69, 9.17) is 0 Å². The standard InChI is InChI=1S/C10H16O/c11-10-6-5-9(7-10)8-3-1-2-4-8/h7-8,10-11H,1-6H2. The summed E-state index contributed by atoms with van der Waals surface area (Å²) in [4.78, 5) is 0. The second kappa shape index (κ2) is 2.98. The summed E-state index contributed by atoms with van der Waals surface area (Å²) in [6.07, 6.45) is 9.66. The monoisotopic (exact) mass is 152 g/mol. The molecule has 0 amide bonds. The maximum Gasteiger partial charge on any atom is 0.0726 e. The topological polar surface area (TPSA) is 20.2 Å². The van der Waals surface area contributed by atoms with Gasteiger partial charge >= 0.3 is 0 Å². The Kier molecular flexibility index (Phi) is 1.99. The molecule has 0 bridgehead atoms. The van der Waals surface area contributed by atoms with E-state index in [1.165, 1.54) is 25.7 Å². The van der Waals surface area contributed by atoms with E-state index in [-0.39, 0.29) is 6.10 Å². The van der Waals surface area contributed by atoms with Crippen LogP contribution in [0.25, 0.3) is 0 Å². The second-order valence-electron chi connectivity index (χ2n) is 3.83. The predicted octanol–water partition coefficient (Wildman–Crippen LogP) is 2.26. The van der Waals surface area contributed by atoms with Crippen molar-refractivity contribution in [2.24, 2.45) is 5.92 Å². The minimum atomic E-state index is -0.120. The SMILES string of the molecule is OC1C=C(C2CCCC2)CC1.